The molecule has 3 aromatic rings. The maximum absolute atomic E-state index is 12.6. The lowest BCUT2D eigenvalue weighted by Gasteiger charge is -2.14. The number of H-pyrrole nitrogens is 1. The van der Waals surface area contributed by atoms with Crippen molar-refractivity contribution in [3.63, 3.8) is 0 Å². The first kappa shape index (κ1) is 17.3. The molecule has 0 aliphatic carbocycles. The van der Waals surface area contributed by atoms with E-state index < -0.39 is 17.9 Å². The van der Waals surface area contributed by atoms with Gasteiger partial charge < -0.3 is 24.9 Å². The van der Waals surface area contributed by atoms with Crippen molar-refractivity contribution in [2.45, 2.75) is 6.04 Å². The van der Waals surface area contributed by atoms with Gasteiger partial charge in [-0.05, 0) is 23.8 Å². The van der Waals surface area contributed by atoms with Gasteiger partial charge in [0, 0.05) is 5.39 Å². The van der Waals surface area contributed by atoms with E-state index in [1.54, 1.807) is 48.5 Å². The number of aromatic amines is 1. The van der Waals surface area contributed by atoms with E-state index in [4.69, 9.17) is 9.47 Å². The number of benzene rings is 2. The third-order valence-corrected chi connectivity index (χ3v) is 4.06. The number of nitrogens with one attached hydrogen (secondary N) is 2. The van der Waals surface area contributed by atoms with E-state index in [0.717, 1.165) is 0 Å². The molecule has 7 nitrogen and oxygen atoms in total. The first-order chi connectivity index (χ1) is 12.5. The topological polar surface area (TPSA) is 101 Å². The highest BCUT2D eigenvalue weighted by Gasteiger charge is 2.24. The van der Waals surface area contributed by atoms with Gasteiger partial charge in [0.05, 0.1) is 19.7 Å². The van der Waals surface area contributed by atoms with Gasteiger partial charge in [-0.3, -0.25) is 4.79 Å². The molecule has 0 fully saturated rings. The maximum Gasteiger partial charge on any atom is 0.330 e. The number of carbonyl (C=O) groups is 2. The Balaban J connectivity index is 1.95. The van der Waals surface area contributed by atoms with Gasteiger partial charge in [0.1, 0.15) is 17.2 Å². The zero-order chi connectivity index (χ0) is 18.7. The molecular weight excluding hydrogens is 336 g/mol. The molecule has 3 rings (SSSR count). The summed E-state index contributed by atoms with van der Waals surface area (Å²) >= 11 is 0. The fourth-order valence-electron chi connectivity index (χ4n) is 2.78. The Bertz CT molecular complexity index is 908. The van der Waals surface area contributed by atoms with Crippen LogP contribution in [0.5, 0.6) is 11.5 Å². The maximum atomic E-state index is 12.6. The fraction of sp³-hybridized carbons (Fsp3) is 0.158. The van der Waals surface area contributed by atoms with Crippen LogP contribution in [0.1, 0.15) is 22.1 Å². The van der Waals surface area contributed by atoms with Crippen molar-refractivity contribution in [2.75, 3.05) is 14.2 Å². The van der Waals surface area contributed by atoms with Gasteiger partial charge in [-0.25, -0.2) is 4.79 Å². The van der Waals surface area contributed by atoms with Gasteiger partial charge in [-0.1, -0.05) is 30.3 Å². The molecule has 1 aromatic heterocycles. The second-order valence-corrected chi connectivity index (χ2v) is 5.60. The average molecular weight is 354 g/mol. The highest BCUT2D eigenvalue weighted by Crippen LogP contribution is 2.33. The van der Waals surface area contributed by atoms with E-state index in [1.807, 2.05) is 0 Å². The molecule has 0 saturated heterocycles. The normalized spacial score (nSPS) is 11.8. The van der Waals surface area contributed by atoms with E-state index in [-0.39, 0.29) is 5.69 Å². The predicted octanol–water partition coefficient (Wildman–Crippen LogP) is 2.74. The number of methoxy groups -OCH3 is 2. The van der Waals surface area contributed by atoms with Crippen LogP contribution in [0, 0.1) is 0 Å². The largest absolute Gasteiger partial charge is 0.496 e. The molecule has 0 bridgehead atoms. The number of aromatic nitrogens is 1. The van der Waals surface area contributed by atoms with Crippen LogP contribution in [0.2, 0.25) is 0 Å². The summed E-state index contributed by atoms with van der Waals surface area (Å²) in [5.74, 6) is -0.552. The van der Waals surface area contributed by atoms with Gasteiger partial charge in [-0.2, -0.15) is 0 Å². The minimum Gasteiger partial charge on any atom is -0.496 e. The van der Waals surface area contributed by atoms with Gasteiger partial charge in [-0.15, -0.1) is 0 Å². The minimum absolute atomic E-state index is 0.213. The molecule has 7 heteroatoms. The fourth-order valence-corrected chi connectivity index (χ4v) is 2.78. The van der Waals surface area contributed by atoms with Gasteiger partial charge in [0.2, 0.25) is 0 Å². The minimum atomic E-state index is -1.15. The zero-order valence-electron chi connectivity index (χ0n) is 14.3. The monoisotopic (exact) mass is 354 g/mol. The Morgan fingerprint density at radius 3 is 2.31 bits per heavy atom. The smallest absolute Gasteiger partial charge is 0.330 e. The Kier molecular flexibility index (Phi) is 4.79. The Hall–Kier alpha value is -3.48. The third kappa shape index (κ3) is 3.19. The molecule has 26 heavy (non-hydrogen) atoms. The van der Waals surface area contributed by atoms with Gasteiger partial charge in [0.15, 0.2) is 6.04 Å². The number of carboxylic acids is 1. The Morgan fingerprint density at radius 1 is 1.04 bits per heavy atom. The molecule has 1 atom stereocenters. The molecule has 0 aliphatic heterocycles. The van der Waals surface area contributed by atoms with Crippen LogP contribution in [0.3, 0.4) is 0 Å². The summed E-state index contributed by atoms with van der Waals surface area (Å²) in [4.78, 5) is 27.2. The van der Waals surface area contributed by atoms with Crippen molar-refractivity contribution >= 4 is 22.8 Å². The molecule has 0 radical (unpaired) electrons. The number of fused-ring (bicyclic) bond motifs is 1. The van der Waals surface area contributed by atoms with E-state index in [2.05, 4.69) is 10.3 Å². The van der Waals surface area contributed by atoms with Crippen molar-refractivity contribution in [3.8, 4) is 11.5 Å². The molecular formula is C19H18N2O5. The molecule has 2 aromatic carbocycles. The Labute approximate surface area is 149 Å². The SMILES string of the molecule is COc1ccc(OC)c2[nH]c(C(=O)N[C@H](C(=O)O)c3ccccc3)cc12. The van der Waals surface area contributed by atoms with Crippen molar-refractivity contribution in [2.24, 2.45) is 0 Å². The van der Waals surface area contributed by atoms with E-state index >= 15 is 0 Å². The summed E-state index contributed by atoms with van der Waals surface area (Å²) < 4.78 is 10.6. The lowest BCUT2D eigenvalue weighted by Crippen LogP contribution is -2.33. The predicted molar refractivity (Wildman–Crippen MR) is 95.7 cm³/mol. The third-order valence-electron chi connectivity index (χ3n) is 4.06. The molecule has 0 spiro atoms. The standard InChI is InChI=1S/C19H18N2O5/c1-25-14-8-9-15(26-2)17-12(14)10-13(20-17)18(22)21-16(19(23)24)11-6-4-3-5-7-11/h3-10,16,20H,1-2H3,(H,21,22)(H,23,24)/t16-/m0/s1. The Morgan fingerprint density at radius 2 is 1.69 bits per heavy atom. The first-order valence-electron chi connectivity index (χ1n) is 7.87. The van der Waals surface area contributed by atoms with Crippen LogP contribution in [0.4, 0.5) is 0 Å². The van der Waals surface area contributed by atoms with Crippen molar-refractivity contribution in [3.05, 3.63) is 59.8 Å². The van der Waals surface area contributed by atoms with Crippen LogP contribution in [-0.4, -0.2) is 36.2 Å². The second kappa shape index (κ2) is 7.18. The van der Waals surface area contributed by atoms with Crippen LogP contribution < -0.4 is 14.8 Å². The lowest BCUT2D eigenvalue weighted by molar-refractivity contribution is -0.139. The van der Waals surface area contributed by atoms with Gasteiger partial charge in [0.25, 0.3) is 5.91 Å². The summed E-state index contributed by atoms with van der Waals surface area (Å²) in [6, 6.07) is 12.4. The van der Waals surface area contributed by atoms with Crippen LogP contribution in [0.15, 0.2) is 48.5 Å². The van der Waals surface area contributed by atoms with Crippen molar-refractivity contribution in [1.82, 2.24) is 10.3 Å². The van der Waals surface area contributed by atoms with Gasteiger partial charge >= 0.3 is 5.97 Å². The summed E-state index contributed by atoms with van der Waals surface area (Å²) in [7, 11) is 3.06. The van der Waals surface area contributed by atoms with E-state index in [9.17, 15) is 14.7 Å². The van der Waals surface area contributed by atoms with Crippen molar-refractivity contribution in [1.29, 1.82) is 0 Å². The molecule has 0 unspecified atom stereocenters. The summed E-state index contributed by atoms with van der Waals surface area (Å²) in [5, 5.41) is 12.7. The lowest BCUT2D eigenvalue weighted by atomic mass is 10.1. The average Bonchev–Trinajstić information content (AvgIpc) is 3.11. The highest BCUT2D eigenvalue weighted by atomic mass is 16.5. The molecule has 0 saturated carbocycles. The van der Waals surface area contributed by atoms with Crippen molar-refractivity contribution < 1.29 is 24.2 Å². The first-order valence-corrected chi connectivity index (χ1v) is 7.87. The number of aliphatic carboxylic acids is 1. The molecule has 134 valence electrons. The number of amides is 1. The molecule has 1 heterocycles. The molecule has 0 aliphatic rings. The number of ether oxygens (including phenoxy) is 2. The summed E-state index contributed by atoms with van der Waals surface area (Å²) in [6.07, 6.45) is 0. The van der Waals surface area contributed by atoms with Crippen LogP contribution >= 0.6 is 0 Å². The molecule has 1 amide bonds. The van der Waals surface area contributed by atoms with Crippen LogP contribution in [-0.2, 0) is 4.79 Å². The second-order valence-electron chi connectivity index (χ2n) is 5.60. The number of rotatable bonds is 6. The van der Waals surface area contributed by atoms with E-state index in [0.29, 0.717) is 28.0 Å². The summed E-state index contributed by atoms with van der Waals surface area (Å²) in [6.45, 7) is 0. The molecule has 3 N–H and O–H groups in total. The van der Waals surface area contributed by atoms with Crippen LogP contribution in [0.25, 0.3) is 10.9 Å². The number of hydrogen-bond acceptors (Lipinski definition) is 4. The summed E-state index contributed by atoms with van der Waals surface area (Å²) in [5.41, 5.74) is 1.30. The quantitative estimate of drug-likeness (QED) is 0.632. The van der Waals surface area contributed by atoms with E-state index in [1.165, 1.54) is 14.2 Å². The zero-order valence-corrected chi connectivity index (χ0v) is 14.3. The number of hydrogen-bond donors (Lipinski definition) is 3. The highest BCUT2D eigenvalue weighted by molar-refractivity contribution is 6.02. The number of carboxylic acid groups (broad SMARTS) is 1. The number of carbonyl (C=O) groups excluding carboxylic acids is 1.